The Kier molecular flexibility index (Phi) is 16.3. The van der Waals surface area contributed by atoms with Crippen molar-refractivity contribution in [3.63, 3.8) is 0 Å². The summed E-state index contributed by atoms with van der Waals surface area (Å²) < 4.78 is 5.09. The summed E-state index contributed by atoms with van der Waals surface area (Å²) in [5.41, 5.74) is 0. The first-order chi connectivity index (χ1) is 10.1. The monoisotopic (exact) mass is 403 g/mol. The Hall–Kier alpha value is 0.799. The van der Waals surface area contributed by atoms with Gasteiger partial charge in [-0.15, -0.1) is 0 Å². The molecule has 0 atom stereocenters. The number of unbranched alkanes of at least 4 members (excludes halogenated alkanes) is 5. The Bertz CT molecular complexity index is 180. The molecule has 0 aromatic rings. The van der Waals surface area contributed by atoms with E-state index in [0.29, 0.717) is 0 Å². The average Bonchev–Trinajstić information content (AvgIpc) is 2.42. The normalized spacial score (nSPS) is 12.0. The van der Waals surface area contributed by atoms with Crippen molar-refractivity contribution in [2.24, 2.45) is 11.8 Å². The third-order valence-corrected chi connectivity index (χ3v) is 13.6. The van der Waals surface area contributed by atoms with Crippen LogP contribution in [0.4, 0.5) is 0 Å². The van der Waals surface area contributed by atoms with Crippen LogP contribution in [0.1, 0.15) is 98.8 Å². The molecule has 0 aliphatic carbocycles. The summed E-state index contributed by atoms with van der Waals surface area (Å²) in [6, 6.07) is 0. The van der Waals surface area contributed by atoms with Crippen LogP contribution in [0, 0.1) is 11.8 Å². The summed E-state index contributed by atoms with van der Waals surface area (Å²) in [4.78, 5) is 0. The molecule has 1 heteroatoms. The maximum atomic E-state index is 2.37. The molecule has 0 spiro atoms. The van der Waals surface area contributed by atoms with Gasteiger partial charge in [-0.2, -0.15) is 0 Å². The van der Waals surface area contributed by atoms with Gasteiger partial charge >= 0.3 is 144 Å². The molecule has 0 amide bonds. The van der Waals surface area contributed by atoms with Gasteiger partial charge in [0.2, 0.25) is 0 Å². The van der Waals surface area contributed by atoms with Crippen LogP contribution in [0.25, 0.3) is 0 Å². The van der Waals surface area contributed by atoms with Gasteiger partial charge < -0.3 is 0 Å². The molecule has 0 saturated carbocycles. The summed E-state index contributed by atoms with van der Waals surface area (Å²) in [6.07, 6.45) is 15.0. The second kappa shape index (κ2) is 15.7. The minimum absolute atomic E-state index is 0.907. The van der Waals surface area contributed by atoms with Crippen molar-refractivity contribution in [3.8, 4) is 0 Å². The zero-order valence-electron chi connectivity index (χ0n) is 15.8. The van der Waals surface area contributed by atoms with E-state index >= 15 is 0 Å². The summed E-state index contributed by atoms with van der Waals surface area (Å²) >= 11 is -0.975. The molecular weight excluding hydrogens is 359 g/mol. The first-order valence-corrected chi connectivity index (χ1v) is 15.9. The van der Waals surface area contributed by atoms with Crippen molar-refractivity contribution < 1.29 is 0 Å². The van der Waals surface area contributed by atoms with Crippen LogP contribution < -0.4 is 0 Å². The van der Waals surface area contributed by atoms with Gasteiger partial charge in [0, 0.05) is 0 Å². The fraction of sp³-hybridized carbons (Fsp3) is 1.00. The molecule has 0 aliphatic heterocycles. The first kappa shape index (κ1) is 21.8. The number of hydrogen-bond donors (Lipinski definition) is 0. The molecule has 127 valence electrons. The quantitative estimate of drug-likeness (QED) is 0.194. The van der Waals surface area contributed by atoms with Crippen molar-refractivity contribution in [3.05, 3.63) is 0 Å². The first-order valence-electron chi connectivity index (χ1n) is 9.89. The molecule has 21 heavy (non-hydrogen) atoms. The van der Waals surface area contributed by atoms with Gasteiger partial charge in [0.1, 0.15) is 0 Å². The van der Waals surface area contributed by atoms with Crippen molar-refractivity contribution >= 4 is 19.8 Å². The molecule has 0 unspecified atom stereocenters. The Morgan fingerprint density at radius 1 is 0.571 bits per heavy atom. The van der Waals surface area contributed by atoms with E-state index in [2.05, 4.69) is 34.6 Å². The van der Waals surface area contributed by atoms with Gasteiger partial charge in [-0.25, -0.2) is 0 Å². The molecule has 0 fully saturated rings. The maximum absolute atomic E-state index is 2.37. The second-order valence-electron chi connectivity index (χ2n) is 7.84. The second-order valence-corrected chi connectivity index (χ2v) is 16.4. The van der Waals surface area contributed by atoms with E-state index in [4.69, 9.17) is 0 Å². The van der Waals surface area contributed by atoms with E-state index in [9.17, 15) is 0 Å². The summed E-state index contributed by atoms with van der Waals surface area (Å²) in [5, 5.41) is 0. The molecule has 0 rings (SSSR count). The molecule has 0 nitrogen and oxygen atoms in total. The average molecular weight is 402 g/mol. The summed E-state index contributed by atoms with van der Waals surface area (Å²) in [5.74, 6) is 1.81. The van der Waals surface area contributed by atoms with Crippen molar-refractivity contribution in [1.29, 1.82) is 0 Å². The fourth-order valence-electron chi connectivity index (χ4n) is 3.01. The molecule has 0 heterocycles. The zero-order valence-corrected chi connectivity index (χ0v) is 18.7. The third kappa shape index (κ3) is 17.0. The Morgan fingerprint density at radius 3 is 1.38 bits per heavy atom. The van der Waals surface area contributed by atoms with Gasteiger partial charge in [-0.1, -0.05) is 0 Å². The Labute approximate surface area is 143 Å². The van der Waals surface area contributed by atoms with E-state index in [0.717, 1.165) is 11.8 Å². The predicted molar refractivity (Wildman–Crippen MR) is 102 cm³/mol. The van der Waals surface area contributed by atoms with Crippen LogP contribution in [0.5, 0.6) is 0 Å². The van der Waals surface area contributed by atoms with E-state index in [1.807, 2.05) is 0 Å². The third-order valence-electron chi connectivity index (χ3n) is 4.51. The summed E-state index contributed by atoms with van der Waals surface area (Å²) in [7, 11) is 0. The van der Waals surface area contributed by atoms with Gasteiger partial charge in [0.05, 0.1) is 0 Å². The molecule has 0 N–H and O–H groups in total. The van der Waals surface area contributed by atoms with Gasteiger partial charge in [0.15, 0.2) is 0 Å². The summed E-state index contributed by atoms with van der Waals surface area (Å²) in [6.45, 7) is 11.8. The van der Waals surface area contributed by atoms with Crippen molar-refractivity contribution in [2.75, 3.05) is 0 Å². The zero-order chi connectivity index (χ0) is 15.9. The van der Waals surface area contributed by atoms with Crippen LogP contribution in [0.15, 0.2) is 0 Å². The Morgan fingerprint density at radius 2 is 1.00 bits per heavy atom. The van der Waals surface area contributed by atoms with Gasteiger partial charge in [-0.05, 0) is 0 Å². The molecular formula is C20H43Sn. The topological polar surface area (TPSA) is 0 Å². The standard InChI is InChI=1S/2C8H17.C4H9.Sn/c2*1-4-5-6-7-8(2)3;1-3-4-2;/h2*8H,1,4-7H2,2-3H3;1,3-4H2,2H3;. The molecule has 0 aromatic carbocycles. The van der Waals surface area contributed by atoms with Crippen LogP contribution in [-0.2, 0) is 0 Å². The Balaban J connectivity index is 3.66. The predicted octanol–water partition coefficient (Wildman–Crippen LogP) is 7.71. The van der Waals surface area contributed by atoms with Gasteiger partial charge in [-0.3, -0.25) is 0 Å². The molecule has 0 bridgehead atoms. The van der Waals surface area contributed by atoms with E-state index in [-0.39, 0.29) is 0 Å². The SMILES string of the molecule is CCC[CH2][Sn]([CH2]CCCCC(C)C)[CH2]CCCCC(C)C. The van der Waals surface area contributed by atoms with Crippen LogP contribution in [0.3, 0.4) is 0 Å². The number of rotatable bonds is 15. The van der Waals surface area contributed by atoms with E-state index in [1.54, 1.807) is 26.2 Å². The van der Waals surface area contributed by atoms with E-state index < -0.39 is 19.8 Å². The van der Waals surface area contributed by atoms with Crippen LogP contribution >= 0.6 is 0 Å². The molecule has 0 saturated heterocycles. The van der Waals surface area contributed by atoms with Crippen LogP contribution in [0.2, 0.25) is 13.3 Å². The minimum atomic E-state index is -0.975. The van der Waals surface area contributed by atoms with Crippen molar-refractivity contribution in [1.82, 2.24) is 0 Å². The van der Waals surface area contributed by atoms with E-state index in [1.165, 1.54) is 51.4 Å². The molecule has 1 radical (unpaired) electrons. The molecule has 0 aromatic heterocycles. The van der Waals surface area contributed by atoms with Gasteiger partial charge in [0.25, 0.3) is 0 Å². The molecule has 0 aliphatic rings. The number of hydrogen-bond acceptors (Lipinski definition) is 0. The van der Waals surface area contributed by atoms with Crippen LogP contribution in [-0.4, -0.2) is 19.8 Å². The van der Waals surface area contributed by atoms with Crippen molar-refractivity contribution in [2.45, 2.75) is 112 Å². The fourth-order valence-corrected chi connectivity index (χ4v) is 11.9.